The van der Waals surface area contributed by atoms with Crippen LogP contribution in [0.2, 0.25) is 0 Å². The average molecular weight is 512 g/mol. The van der Waals surface area contributed by atoms with Crippen LogP contribution < -0.4 is 0 Å². The summed E-state index contributed by atoms with van der Waals surface area (Å²) in [4.78, 5) is 0. The number of hydrogen-bond donors (Lipinski definition) is 0. The van der Waals surface area contributed by atoms with Gasteiger partial charge in [0.1, 0.15) is 0 Å². The quantitative estimate of drug-likeness (QED) is 0.257. The second-order valence-electron chi connectivity index (χ2n) is 6.85. The van der Waals surface area contributed by atoms with Gasteiger partial charge in [0.05, 0.1) is 0 Å². The number of rotatable bonds is 7. The van der Waals surface area contributed by atoms with Crippen LogP contribution in [0, 0.1) is 0 Å². The summed E-state index contributed by atoms with van der Waals surface area (Å²) < 4.78 is 74.1. The Morgan fingerprint density at radius 2 is 0.800 bits per heavy atom. The molecule has 2 aromatic rings. The van der Waals surface area contributed by atoms with Crippen molar-refractivity contribution in [2.24, 2.45) is 0 Å². The fourth-order valence-corrected chi connectivity index (χ4v) is 3.83. The molecule has 10 heteroatoms. The Hall–Kier alpha value is -0.820. The van der Waals surface area contributed by atoms with Gasteiger partial charge < -0.3 is 0 Å². The molecule has 0 heterocycles. The monoisotopic (exact) mass is 510 g/mol. The molecule has 0 aliphatic heterocycles. The van der Waals surface area contributed by atoms with Gasteiger partial charge in [0.25, 0.3) is 0 Å². The molecule has 2 unspecified atom stereocenters. The largest absolute Gasteiger partial charge is 0.421 e. The minimum absolute atomic E-state index is 0.326. The van der Waals surface area contributed by atoms with Crippen LogP contribution in [0.4, 0.5) is 26.3 Å². The van der Waals surface area contributed by atoms with Gasteiger partial charge in [-0.1, -0.05) is 107 Å². The fourth-order valence-electron chi connectivity index (χ4n) is 3.17. The van der Waals surface area contributed by atoms with Crippen molar-refractivity contribution in [3.05, 3.63) is 71.8 Å². The average Bonchev–Trinajstić information content (AvgIpc) is 2.64. The Bertz CT molecular complexity index is 734. The summed E-state index contributed by atoms with van der Waals surface area (Å²) in [6.07, 6.45) is -11.8. The topological polar surface area (TPSA) is 0 Å². The first-order chi connectivity index (χ1) is 13.7. The summed E-state index contributed by atoms with van der Waals surface area (Å²) in [6, 6.07) is 15.5. The zero-order valence-corrected chi connectivity index (χ0v) is 18.1. The van der Waals surface area contributed by atoms with Crippen molar-refractivity contribution in [3.63, 3.8) is 0 Å². The molecule has 0 fully saturated rings. The van der Waals surface area contributed by atoms with Gasteiger partial charge in [-0.05, 0) is 35.8 Å². The van der Waals surface area contributed by atoms with Crippen molar-refractivity contribution in [2.45, 2.75) is 45.7 Å². The Morgan fingerprint density at radius 1 is 0.533 bits per heavy atom. The second kappa shape index (κ2) is 9.35. The molecule has 0 N–H and O–H groups in total. The van der Waals surface area contributed by atoms with Crippen LogP contribution in [0.15, 0.2) is 60.7 Å². The van der Waals surface area contributed by atoms with Crippen LogP contribution in [0.1, 0.15) is 35.8 Å². The molecular weight excluding hydrogens is 496 g/mol. The van der Waals surface area contributed by atoms with Gasteiger partial charge in [0.2, 0.25) is 8.67 Å². The van der Waals surface area contributed by atoms with Gasteiger partial charge in [-0.15, -0.1) is 0 Å². The summed E-state index contributed by atoms with van der Waals surface area (Å²) in [7, 11) is 0. The molecule has 30 heavy (non-hydrogen) atoms. The molecule has 0 saturated heterocycles. The highest BCUT2D eigenvalue weighted by Gasteiger charge is 2.57. The number of alkyl halides is 10. The van der Waals surface area contributed by atoms with Crippen LogP contribution in [-0.4, -0.2) is 21.0 Å². The molecular formula is C20H16Cl4F6. The Balaban J connectivity index is 2.61. The van der Waals surface area contributed by atoms with Crippen LogP contribution in [0.5, 0.6) is 0 Å². The lowest BCUT2D eigenvalue weighted by atomic mass is 9.76. The van der Waals surface area contributed by atoms with Crippen LogP contribution in [-0.2, 0) is 0 Å². The smallest absolute Gasteiger partial charge is 0.168 e. The Kier molecular flexibility index (Phi) is 7.93. The van der Waals surface area contributed by atoms with E-state index in [4.69, 9.17) is 46.4 Å². The maximum absolute atomic E-state index is 13.4. The molecule has 2 rings (SSSR count). The van der Waals surface area contributed by atoms with E-state index >= 15 is 0 Å². The van der Waals surface area contributed by atoms with E-state index in [1.165, 1.54) is 24.3 Å². The van der Waals surface area contributed by atoms with Gasteiger partial charge in [-0.2, -0.15) is 26.3 Å². The molecule has 0 aromatic heterocycles. The third-order valence-electron chi connectivity index (χ3n) is 4.72. The van der Waals surface area contributed by atoms with Crippen LogP contribution in [0.25, 0.3) is 0 Å². The van der Waals surface area contributed by atoms with Crippen molar-refractivity contribution in [1.82, 2.24) is 0 Å². The molecule has 0 spiro atoms. The number of hydrogen-bond acceptors (Lipinski definition) is 0. The zero-order chi connectivity index (χ0) is 22.8. The van der Waals surface area contributed by atoms with E-state index < -0.39 is 45.7 Å². The third-order valence-corrected chi connectivity index (χ3v) is 6.20. The lowest BCUT2D eigenvalue weighted by Gasteiger charge is -2.36. The Morgan fingerprint density at radius 3 is 1.03 bits per heavy atom. The van der Waals surface area contributed by atoms with Crippen molar-refractivity contribution in [2.75, 3.05) is 0 Å². The van der Waals surface area contributed by atoms with Gasteiger partial charge in [0.15, 0.2) is 0 Å². The van der Waals surface area contributed by atoms with E-state index in [2.05, 4.69) is 0 Å². The van der Waals surface area contributed by atoms with Gasteiger partial charge >= 0.3 is 12.4 Å². The van der Waals surface area contributed by atoms with E-state index in [1.54, 1.807) is 36.4 Å². The molecule has 0 radical (unpaired) electrons. The van der Waals surface area contributed by atoms with E-state index in [1.807, 2.05) is 0 Å². The van der Waals surface area contributed by atoms with E-state index in [9.17, 15) is 26.3 Å². The summed E-state index contributed by atoms with van der Waals surface area (Å²) >= 11 is 22.4. The van der Waals surface area contributed by atoms with E-state index in [0.29, 0.717) is 11.1 Å². The van der Waals surface area contributed by atoms with E-state index in [0.717, 1.165) is 0 Å². The fraction of sp³-hybridized carbons (Fsp3) is 0.400. The first-order valence-electron chi connectivity index (χ1n) is 8.65. The normalized spacial score (nSPS) is 15.7. The number of halogens is 10. The van der Waals surface area contributed by atoms with Crippen molar-refractivity contribution >= 4 is 46.4 Å². The minimum Gasteiger partial charge on any atom is -0.168 e. The van der Waals surface area contributed by atoms with Gasteiger partial charge in [-0.3, -0.25) is 0 Å². The summed E-state index contributed by atoms with van der Waals surface area (Å²) in [6.45, 7) is 0. The number of benzene rings is 2. The summed E-state index contributed by atoms with van der Waals surface area (Å²) in [5.74, 6) is -2.33. The van der Waals surface area contributed by atoms with Crippen molar-refractivity contribution in [3.8, 4) is 0 Å². The third kappa shape index (κ3) is 6.12. The minimum atomic E-state index is -5.01. The van der Waals surface area contributed by atoms with Crippen molar-refractivity contribution < 1.29 is 26.3 Å². The van der Waals surface area contributed by atoms with Crippen LogP contribution >= 0.6 is 46.4 Å². The SMILES string of the molecule is FC(F)(F)C(Cl)(Cl)CC(c1ccccc1)C(CC(Cl)(Cl)C(F)(F)F)c1ccccc1. The summed E-state index contributed by atoms with van der Waals surface area (Å²) in [5.41, 5.74) is 0.653. The van der Waals surface area contributed by atoms with Crippen LogP contribution in [0.3, 0.4) is 0 Å². The molecule has 2 aromatic carbocycles. The highest BCUT2D eigenvalue weighted by Crippen LogP contribution is 2.54. The zero-order valence-electron chi connectivity index (χ0n) is 15.1. The lowest BCUT2D eigenvalue weighted by molar-refractivity contribution is -0.148. The maximum Gasteiger partial charge on any atom is 0.421 e. The maximum atomic E-state index is 13.4. The van der Waals surface area contributed by atoms with Gasteiger partial charge in [0, 0.05) is 0 Å². The predicted molar refractivity (Wildman–Crippen MR) is 109 cm³/mol. The molecule has 0 aliphatic rings. The first kappa shape index (κ1) is 25.4. The van der Waals surface area contributed by atoms with E-state index in [-0.39, 0.29) is 0 Å². The molecule has 166 valence electrons. The first-order valence-corrected chi connectivity index (χ1v) is 10.2. The molecule has 2 atom stereocenters. The standard InChI is InChI=1S/C20H16Cl4F6/c21-17(22,19(25,26)27)11-15(13-7-3-1-4-8-13)16(14-9-5-2-6-10-14)12-18(23,24)20(28,29)30/h1-10,15-16H,11-12H2. The molecule has 0 nitrogen and oxygen atoms in total. The second-order valence-corrected chi connectivity index (χ2v) is 9.81. The predicted octanol–water partition coefficient (Wildman–Crippen LogP) is 8.81. The van der Waals surface area contributed by atoms with Gasteiger partial charge in [-0.25, -0.2) is 0 Å². The summed E-state index contributed by atoms with van der Waals surface area (Å²) in [5, 5.41) is 0. The molecule has 0 saturated carbocycles. The van der Waals surface area contributed by atoms with Crippen molar-refractivity contribution in [1.29, 1.82) is 0 Å². The molecule has 0 bridgehead atoms. The Labute approximate surface area is 190 Å². The molecule has 0 aliphatic carbocycles. The highest BCUT2D eigenvalue weighted by molar-refractivity contribution is 6.49. The molecule has 0 amide bonds. The highest BCUT2D eigenvalue weighted by atomic mass is 35.5. The lowest BCUT2D eigenvalue weighted by Crippen LogP contribution is -2.39.